The van der Waals surface area contributed by atoms with E-state index in [1.54, 1.807) is 0 Å². The molecule has 0 bridgehead atoms. The molecule has 1 heterocycles. The van der Waals surface area contributed by atoms with E-state index in [4.69, 9.17) is 0 Å². The minimum atomic E-state index is 0.0288. The molecule has 3 nitrogen and oxygen atoms in total. The summed E-state index contributed by atoms with van der Waals surface area (Å²) < 4.78 is 2.92. The molecule has 1 amide bonds. The molecule has 0 aromatic carbocycles. The fraction of sp³-hybridized carbons (Fsp3) is 0.667. The van der Waals surface area contributed by atoms with Crippen molar-refractivity contribution in [3.8, 4) is 0 Å². The molecule has 0 fully saturated rings. The van der Waals surface area contributed by atoms with Crippen LogP contribution in [0, 0.1) is 0 Å². The van der Waals surface area contributed by atoms with Crippen LogP contribution in [0.15, 0.2) is 16.7 Å². The number of carbonyl (C=O) groups excluding carboxylic acids is 1. The second-order valence-corrected chi connectivity index (χ2v) is 5.77. The lowest BCUT2D eigenvalue weighted by Gasteiger charge is -2.07. The third kappa shape index (κ3) is 5.81. The first-order valence-electron chi connectivity index (χ1n) is 7.32. The number of aromatic nitrogens is 1. The normalized spacial score (nSPS) is 10.7. The van der Waals surface area contributed by atoms with Crippen LogP contribution in [0.4, 0.5) is 0 Å². The van der Waals surface area contributed by atoms with Crippen LogP contribution in [0.3, 0.4) is 0 Å². The topological polar surface area (TPSA) is 34.0 Å². The van der Waals surface area contributed by atoms with Crippen molar-refractivity contribution in [1.82, 2.24) is 9.88 Å². The first-order valence-corrected chi connectivity index (χ1v) is 8.12. The second kappa shape index (κ2) is 9.18. The fourth-order valence-electron chi connectivity index (χ4n) is 2.12. The van der Waals surface area contributed by atoms with Gasteiger partial charge in [-0.05, 0) is 35.3 Å². The van der Waals surface area contributed by atoms with E-state index in [0.717, 1.165) is 29.7 Å². The zero-order valence-corrected chi connectivity index (χ0v) is 13.6. The summed E-state index contributed by atoms with van der Waals surface area (Å²) in [4.78, 5) is 12.0. The lowest BCUT2D eigenvalue weighted by atomic mass is 10.1. The van der Waals surface area contributed by atoms with Crippen molar-refractivity contribution in [3.63, 3.8) is 0 Å². The molecule has 0 aliphatic heterocycles. The van der Waals surface area contributed by atoms with Crippen LogP contribution >= 0.6 is 15.9 Å². The molecule has 19 heavy (non-hydrogen) atoms. The third-order valence-corrected chi connectivity index (χ3v) is 3.69. The summed E-state index contributed by atoms with van der Waals surface area (Å²) in [5, 5.41) is 3.00. The molecular formula is C15H25BrN2O. The number of carbonyl (C=O) groups is 1. The summed E-state index contributed by atoms with van der Waals surface area (Å²) in [6.07, 6.45) is 9.42. The Labute approximate surface area is 124 Å². The smallest absolute Gasteiger partial charge is 0.267 e. The quantitative estimate of drug-likeness (QED) is 0.671. The number of amides is 1. The van der Waals surface area contributed by atoms with E-state index < -0.39 is 0 Å². The van der Waals surface area contributed by atoms with Gasteiger partial charge in [0.2, 0.25) is 0 Å². The Kier molecular flexibility index (Phi) is 7.87. The van der Waals surface area contributed by atoms with Crippen LogP contribution in [0.1, 0.15) is 62.9 Å². The Hall–Kier alpha value is -0.770. The van der Waals surface area contributed by atoms with Gasteiger partial charge >= 0.3 is 0 Å². The van der Waals surface area contributed by atoms with Gasteiger partial charge in [0.15, 0.2) is 0 Å². The number of unbranched alkanes of at least 4 members (excludes halogenated alkanes) is 5. The number of rotatable bonds is 9. The van der Waals surface area contributed by atoms with Gasteiger partial charge in [0.25, 0.3) is 5.91 Å². The molecule has 0 aliphatic rings. The molecule has 0 saturated carbocycles. The van der Waals surface area contributed by atoms with Crippen molar-refractivity contribution in [2.24, 2.45) is 0 Å². The van der Waals surface area contributed by atoms with Crippen molar-refractivity contribution >= 4 is 21.8 Å². The Balaban J connectivity index is 2.24. The predicted molar refractivity (Wildman–Crippen MR) is 83.5 cm³/mol. The summed E-state index contributed by atoms with van der Waals surface area (Å²) in [5.74, 6) is 0.0288. The number of hydrogen-bond acceptors (Lipinski definition) is 1. The average molecular weight is 329 g/mol. The van der Waals surface area contributed by atoms with E-state index in [2.05, 4.69) is 28.2 Å². The molecule has 0 saturated heterocycles. The summed E-state index contributed by atoms with van der Waals surface area (Å²) >= 11 is 3.41. The average Bonchev–Trinajstić information content (AvgIpc) is 2.79. The van der Waals surface area contributed by atoms with Crippen molar-refractivity contribution in [2.45, 2.75) is 58.9 Å². The van der Waals surface area contributed by atoms with Gasteiger partial charge in [-0.2, -0.15) is 0 Å². The largest absolute Gasteiger partial charge is 0.351 e. The van der Waals surface area contributed by atoms with Crippen LogP contribution in [-0.4, -0.2) is 17.0 Å². The van der Waals surface area contributed by atoms with Crippen molar-refractivity contribution in [2.75, 3.05) is 6.54 Å². The lowest BCUT2D eigenvalue weighted by molar-refractivity contribution is 0.0944. The number of nitrogens with one attached hydrogen (secondary N) is 1. The summed E-state index contributed by atoms with van der Waals surface area (Å²) in [6.45, 7) is 5.85. The van der Waals surface area contributed by atoms with E-state index in [1.165, 1.54) is 32.1 Å². The number of hydrogen-bond donors (Lipinski definition) is 1. The van der Waals surface area contributed by atoms with E-state index in [-0.39, 0.29) is 5.91 Å². The maximum atomic E-state index is 12.0. The standard InChI is InChI=1S/C15H25BrN2O/c1-3-5-6-7-8-9-10-17-15(19)14-11-13(16)12-18(14)4-2/h11-12H,3-10H2,1-2H3,(H,17,19). The van der Waals surface area contributed by atoms with Gasteiger partial charge in [0.1, 0.15) is 5.69 Å². The Morgan fingerprint density at radius 1 is 1.21 bits per heavy atom. The van der Waals surface area contributed by atoms with Crippen LogP contribution < -0.4 is 5.32 Å². The van der Waals surface area contributed by atoms with E-state index in [9.17, 15) is 4.79 Å². The SMILES string of the molecule is CCCCCCCCNC(=O)c1cc(Br)cn1CC. The summed E-state index contributed by atoms with van der Waals surface area (Å²) in [6, 6.07) is 1.88. The van der Waals surface area contributed by atoms with Gasteiger partial charge in [-0.3, -0.25) is 4.79 Å². The van der Waals surface area contributed by atoms with Crippen molar-refractivity contribution < 1.29 is 4.79 Å². The highest BCUT2D eigenvalue weighted by atomic mass is 79.9. The highest BCUT2D eigenvalue weighted by molar-refractivity contribution is 9.10. The molecule has 0 spiro atoms. The zero-order valence-electron chi connectivity index (χ0n) is 12.0. The Bertz CT molecular complexity index is 387. The maximum Gasteiger partial charge on any atom is 0.267 e. The van der Waals surface area contributed by atoms with Crippen LogP contribution in [-0.2, 0) is 6.54 Å². The third-order valence-electron chi connectivity index (χ3n) is 3.25. The highest BCUT2D eigenvalue weighted by Crippen LogP contribution is 2.14. The Morgan fingerprint density at radius 2 is 1.89 bits per heavy atom. The van der Waals surface area contributed by atoms with E-state index in [1.807, 2.05) is 23.8 Å². The van der Waals surface area contributed by atoms with Gasteiger partial charge in [-0.25, -0.2) is 0 Å². The molecular weight excluding hydrogens is 304 g/mol. The van der Waals surface area contributed by atoms with Gasteiger partial charge in [-0.1, -0.05) is 39.0 Å². The second-order valence-electron chi connectivity index (χ2n) is 4.85. The van der Waals surface area contributed by atoms with E-state index in [0.29, 0.717) is 0 Å². The first kappa shape index (κ1) is 16.3. The van der Waals surface area contributed by atoms with Gasteiger partial charge < -0.3 is 9.88 Å². The summed E-state index contributed by atoms with van der Waals surface area (Å²) in [5.41, 5.74) is 0.736. The molecule has 1 aromatic rings. The molecule has 0 radical (unpaired) electrons. The van der Waals surface area contributed by atoms with Crippen molar-refractivity contribution in [3.05, 3.63) is 22.4 Å². The molecule has 1 N–H and O–H groups in total. The lowest BCUT2D eigenvalue weighted by Crippen LogP contribution is -2.26. The minimum absolute atomic E-state index is 0.0288. The van der Waals surface area contributed by atoms with Crippen molar-refractivity contribution in [1.29, 1.82) is 0 Å². The minimum Gasteiger partial charge on any atom is -0.351 e. The molecule has 4 heteroatoms. The van der Waals surface area contributed by atoms with Crippen LogP contribution in [0.25, 0.3) is 0 Å². The molecule has 1 rings (SSSR count). The molecule has 108 valence electrons. The first-order chi connectivity index (χ1) is 9.19. The highest BCUT2D eigenvalue weighted by Gasteiger charge is 2.11. The summed E-state index contributed by atoms with van der Waals surface area (Å²) in [7, 11) is 0. The van der Waals surface area contributed by atoms with Crippen LogP contribution in [0.5, 0.6) is 0 Å². The maximum absolute atomic E-state index is 12.0. The van der Waals surface area contributed by atoms with Gasteiger partial charge in [0.05, 0.1) is 0 Å². The predicted octanol–water partition coefficient (Wildman–Crippen LogP) is 4.36. The molecule has 0 unspecified atom stereocenters. The van der Waals surface area contributed by atoms with Crippen LogP contribution in [0.2, 0.25) is 0 Å². The zero-order chi connectivity index (χ0) is 14.1. The van der Waals surface area contributed by atoms with Gasteiger partial charge in [-0.15, -0.1) is 0 Å². The number of halogens is 1. The molecule has 0 atom stereocenters. The molecule has 0 aliphatic carbocycles. The monoisotopic (exact) mass is 328 g/mol. The molecule has 1 aromatic heterocycles. The number of aryl methyl sites for hydroxylation is 1. The number of nitrogens with zero attached hydrogens (tertiary/aromatic N) is 1. The Morgan fingerprint density at radius 3 is 2.58 bits per heavy atom. The van der Waals surface area contributed by atoms with Gasteiger partial charge in [0, 0.05) is 23.8 Å². The van der Waals surface area contributed by atoms with E-state index >= 15 is 0 Å². The fourth-order valence-corrected chi connectivity index (χ4v) is 2.59.